The van der Waals surface area contributed by atoms with Crippen molar-refractivity contribution in [1.29, 1.82) is 0 Å². The maximum absolute atomic E-state index is 13.4. The van der Waals surface area contributed by atoms with E-state index in [0.29, 0.717) is 15.6 Å². The SMILES string of the molecule is Nc1ccc(Cl)cc1Sc1ccccc1F. The summed E-state index contributed by atoms with van der Waals surface area (Å²) in [5.74, 6) is -0.258. The van der Waals surface area contributed by atoms with Gasteiger partial charge in [0.2, 0.25) is 0 Å². The van der Waals surface area contributed by atoms with Crippen molar-refractivity contribution in [3.63, 3.8) is 0 Å². The van der Waals surface area contributed by atoms with Crippen LogP contribution in [0.1, 0.15) is 0 Å². The summed E-state index contributed by atoms with van der Waals surface area (Å²) < 4.78 is 13.4. The van der Waals surface area contributed by atoms with Crippen LogP contribution in [0.4, 0.5) is 10.1 Å². The zero-order valence-electron chi connectivity index (χ0n) is 8.28. The average Bonchev–Trinajstić information content (AvgIpc) is 2.27. The second kappa shape index (κ2) is 4.76. The highest BCUT2D eigenvalue weighted by Crippen LogP contribution is 2.34. The summed E-state index contributed by atoms with van der Waals surface area (Å²) in [4.78, 5) is 1.30. The molecule has 2 aromatic rings. The molecule has 2 rings (SSSR count). The first-order valence-electron chi connectivity index (χ1n) is 4.64. The standard InChI is InChI=1S/C12H9ClFNS/c13-8-5-6-10(15)12(7-8)16-11-4-2-1-3-9(11)14/h1-7H,15H2. The molecule has 0 aliphatic heterocycles. The number of rotatable bonds is 2. The number of anilines is 1. The van der Waals surface area contributed by atoms with E-state index in [0.717, 1.165) is 4.90 Å². The third kappa shape index (κ3) is 2.49. The summed E-state index contributed by atoms with van der Waals surface area (Å²) in [5.41, 5.74) is 6.38. The Morgan fingerprint density at radius 1 is 1.06 bits per heavy atom. The van der Waals surface area contributed by atoms with Crippen molar-refractivity contribution < 1.29 is 4.39 Å². The van der Waals surface area contributed by atoms with Gasteiger partial charge in [-0.25, -0.2) is 4.39 Å². The lowest BCUT2D eigenvalue weighted by molar-refractivity contribution is 0.602. The lowest BCUT2D eigenvalue weighted by Gasteiger charge is -2.06. The largest absolute Gasteiger partial charge is 0.398 e. The molecule has 0 fully saturated rings. The Kier molecular flexibility index (Phi) is 3.36. The Morgan fingerprint density at radius 3 is 2.56 bits per heavy atom. The van der Waals surface area contributed by atoms with Crippen LogP contribution >= 0.6 is 23.4 Å². The minimum atomic E-state index is -0.258. The number of hydrogen-bond donors (Lipinski definition) is 1. The molecule has 0 saturated carbocycles. The molecule has 16 heavy (non-hydrogen) atoms. The summed E-state index contributed by atoms with van der Waals surface area (Å²) in [5, 5.41) is 0.591. The molecule has 82 valence electrons. The minimum Gasteiger partial charge on any atom is -0.398 e. The molecule has 0 aliphatic rings. The number of benzene rings is 2. The molecule has 0 spiro atoms. The van der Waals surface area contributed by atoms with Crippen LogP contribution in [0.2, 0.25) is 5.02 Å². The van der Waals surface area contributed by atoms with Crippen LogP contribution in [0.15, 0.2) is 52.3 Å². The number of nitrogens with two attached hydrogens (primary N) is 1. The van der Waals surface area contributed by atoms with E-state index in [2.05, 4.69) is 0 Å². The third-order valence-electron chi connectivity index (χ3n) is 2.03. The van der Waals surface area contributed by atoms with Crippen LogP contribution < -0.4 is 5.73 Å². The second-order valence-electron chi connectivity index (χ2n) is 3.21. The van der Waals surface area contributed by atoms with Gasteiger partial charge in [-0.15, -0.1) is 0 Å². The van der Waals surface area contributed by atoms with E-state index in [4.69, 9.17) is 17.3 Å². The zero-order chi connectivity index (χ0) is 11.5. The van der Waals surface area contributed by atoms with Crippen molar-refractivity contribution in [3.05, 3.63) is 53.3 Å². The average molecular weight is 254 g/mol. The number of halogens is 2. The molecule has 0 aliphatic carbocycles. The van der Waals surface area contributed by atoms with Crippen LogP contribution in [-0.4, -0.2) is 0 Å². The zero-order valence-corrected chi connectivity index (χ0v) is 9.86. The van der Waals surface area contributed by atoms with Crippen LogP contribution in [0.5, 0.6) is 0 Å². The summed E-state index contributed by atoms with van der Waals surface area (Å²) in [7, 11) is 0. The third-order valence-corrected chi connectivity index (χ3v) is 3.39. The molecule has 0 unspecified atom stereocenters. The van der Waals surface area contributed by atoms with E-state index in [1.54, 1.807) is 36.4 Å². The molecule has 2 N–H and O–H groups in total. The van der Waals surface area contributed by atoms with Gasteiger partial charge in [-0.05, 0) is 30.3 Å². The highest BCUT2D eigenvalue weighted by Gasteiger charge is 2.06. The van der Waals surface area contributed by atoms with E-state index in [9.17, 15) is 4.39 Å². The maximum atomic E-state index is 13.4. The van der Waals surface area contributed by atoms with Gasteiger partial charge in [-0.3, -0.25) is 0 Å². The second-order valence-corrected chi connectivity index (χ2v) is 4.73. The Labute approximate surface area is 102 Å². The van der Waals surface area contributed by atoms with Gasteiger partial charge in [0, 0.05) is 20.5 Å². The van der Waals surface area contributed by atoms with Crippen molar-refractivity contribution in [2.75, 3.05) is 5.73 Å². The summed E-state index contributed by atoms with van der Waals surface area (Å²) in [6, 6.07) is 11.7. The molecular weight excluding hydrogens is 245 g/mol. The van der Waals surface area contributed by atoms with Crippen molar-refractivity contribution in [2.24, 2.45) is 0 Å². The van der Waals surface area contributed by atoms with Gasteiger partial charge in [-0.2, -0.15) is 0 Å². The Morgan fingerprint density at radius 2 is 1.81 bits per heavy atom. The van der Waals surface area contributed by atoms with Crippen molar-refractivity contribution in [2.45, 2.75) is 9.79 Å². The van der Waals surface area contributed by atoms with E-state index in [1.807, 2.05) is 0 Å². The van der Waals surface area contributed by atoms with E-state index < -0.39 is 0 Å². The highest BCUT2D eigenvalue weighted by molar-refractivity contribution is 7.99. The van der Waals surface area contributed by atoms with E-state index >= 15 is 0 Å². The van der Waals surface area contributed by atoms with Gasteiger partial charge in [0.05, 0.1) is 0 Å². The van der Waals surface area contributed by atoms with Gasteiger partial charge in [0.25, 0.3) is 0 Å². The van der Waals surface area contributed by atoms with Crippen molar-refractivity contribution in [3.8, 4) is 0 Å². The Hall–Kier alpha value is -1.19. The molecule has 0 atom stereocenters. The molecule has 0 bridgehead atoms. The summed E-state index contributed by atoms with van der Waals surface area (Å²) in [6.07, 6.45) is 0. The quantitative estimate of drug-likeness (QED) is 0.812. The van der Waals surface area contributed by atoms with Gasteiger partial charge in [-0.1, -0.05) is 35.5 Å². The minimum absolute atomic E-state index is 0.258. The number of nitrogen functional groups attached to an aromatic ring is 1. The fraction of sp³-hybridized carbons (Fsp3) is 0. The normalized spacial score (nSPS) is 10.4. The van der Waals surface area contributed by atoms with Gasteiger partial charge < -0.3 is 5.73 Å². The number of hydrogen-bond acceptors (Lipinski definition) is 2. The van der Waals surface area contributed by atoms with Crippen LogP contribution in [0, 0.1) is 5.82 Å². The molecule has 0 heterocycles. The fourth-order valence-electron chi connectivity index (χ4n) is 1.24. The first kappa shape index (κ1) is 11.3. The van der Waals surface area contributed by atoms with Gasteiger partial charge in [0.1, 0.15) is 5.82 Å². The van der Waals surface area contributed by atoms with Crippen LogP contribution in [0.3, 0.4) is 0 Å². The molecule has 2 aromatic carbocycles. The van der Waals surface area contributed by atoms with Crippen LogP contribution in [-0.2, 0) is 0 Å². The first-order chi connectivity index (χ1) is 7.66. The summed E-state index contributed by atoms with van der Waals surface area (Å²) in [6.45, 7) is 0. The molecule has 0 saturated heterocycles. The molecule has 4 heteroatoms. The molecular formula is C12H9ClFNS. The molecule has 0 radical (unpaired) electrons. The topological polar surface area (TPSA) is 26.0 Å². The smallest absolute Gasteiger partial charge is 0.137 e. The maximum Gasteiger partial charge on any atom is 0.137 e. The Balaban J connectivity index is 2.34. The highest BCUT2D eigenvalue weighted by atomic mass is 35.5. The van der Waals surface area contributed by atoms with Gasteiger partial charge >= 0.3 is 0 Å². The molecule has 0 amide bonds. The predicted molar refractivity (Wildman–Crippen MR) is 66.4 cm³/mol. The molecule has 0 aromatic heterocycles. The van der Waals surface area contributed by atoms with Crippen molar-refractivity contribution in [1.82, 2.24) is 0 Å². The lowest BCUT2D eigenvalue weighted by atomic mass is 10.3. The van der Waals surface area contributed by atoms with Crippen molar-refractivity contribution >= 4 is 29.1 Å². The molecule has 1 nitrogen and oxygen atoms in total. The van der Waals surface area contributed by atoms with Gasteiger partial charge in [0.15, 0.2) is 0 Å². The fourth-order valence-corrected chi connectivity index (χ4v) is 2.40. The Bertz CT molecular complexity index is 516. The first-order valence-corrected chi connectivity index (χ1v) is 5.83. The van der Waals surface area contributed by atoms with E-state index in [-0.39, 0.29) is 5.82 Å². The van der Waals surface area contributed by atoms with E-state index in [1.165, 1.54) is 17.8 Å². The summed E-state index contributed by atoms with van der Waals surface area (Å²) >= 11 is 7.13. The predicted octanol–water partition coefficient (Wildman–Crippen LogP) is 4.21. The van der Waals surface area contributed by atoms with Crippen LogP contribution in [0.25, 0.3) is 0 Å². The lowest BCUT2D eigenvalue weighted by Crippen LogP contribution is -1.88. The monoisotopic (exact) mass is 253 g/mol.